The van der Waals surface area contributed by atoms with E-state index >= 15 is 0 Å². The maximum atomic E-state index is 12.5. The van der Waals surface area contributed by atoms with Gasteiger partial charge in [0.15, 0.2) is 5.60 Å². The SMILES string of the molecule is C=CC(C)(OC(=O)C(=C)C)c1ccc(C(F)(F)F)cc1. The molecule has 108 valence electrons. The Morgan fingerprint density at radius 2 is 1.65 bits per heavy atom. The minimum Gasteiger partial charge on any atom is -0.447 e. The highest BCUT2D eigenvalue weighted by Gasteiger charge is 2.32. The molecule has 1 aromatic carbocycles. The number of hydrogen-bond acceptors (Lipinski definition) is 2. The predicted molar refractivity (Wildman–Crippen MR) is 69.9 cm³/mol. The molecule has 0 saturated heterocycles. The minimum atomic E-state index is -4.41. The summed E-state index contributed by atoms with van der Waals surface area (Å²) in [5, 5.41) is 0. The van der Waals surface area contributed by atoms with Gasteiger partial charge in [0.2, 0.25) is 0 Å². The summed E-state index contributed by atoms with van der Waals surface area (Å²) < 4.78 is 42.7. The van der Waals surface area contributed by atoms with Gasteiger partial charge in [-0.15, -0.1) is 0 Å². The second-order valence-corrected chi connectivity index (χ2v) is 4.56. The lowest BCUT2D eigenvalue weighted by atomic mass is 9.94. The molecule has 0 bridgehead atoms. The normalized spacial score (nSPS) is 14.2. The zero-order valence-corrected chi connectivity index (χ0v) is 11.3. The van der Waals surface area contributed by atoms with Gasteiger partial charge in [0.1, 0.15) is 0 Å². The maximum absolute atomic E-state index is 12.5. The van der Waals surface area contributed by atoms with E-state index in [0.717, 1.165) is 12.1 Å². The lowest BCUT2D eigenvalue weighted by Crippen LogP contribution is -2.27. The molecule has 0 radical (unpaired) electrons. The van der Waals surface area contributed by atoms with Crippen molar-refractivity contribution in [3.8, 4) is 0 Å². The van der Waals surface area contributed by atoms with E-state index in [1.54, 1.807) is 6.92 Å². The highest BCUT2D eigenvalue weighted by Crippen LogP contribution is 2.32. The number of carbonyl (C=O) groups is 1. The van der Waals surface area contributed by atoms with Crippen LogP contribution in [0, 0.1) is 0 Å². The van der Waals surface area contributed by atoms with Crippen LogP contribution in [-0.4, -0.2) is 5.97 Å². The van der Waals surface area contributed by atoms with E-state index in [1.807, 2.05) is 0 Å². The zero-order chi connectivity index (χ0) is 15.6. The van der Waals surface area contributed by atoms with Crippen molar-refractivity contribution in [2.45, 2.75) is 25.6 Å². The standard InChI is InChI=1S/C15H15F3O2/c1-5-14(4,20-13(19)10(2)3)11-6-8-12(9-7-11)15(16,17)18/h5-9H,1-2H2,3-4H3. The molecule has 0 aliphatic carbocycles. The van der Waals surface area contributed by atoms with Gasteiger partial charge >= 0.3 is 12.1 Å². The lowest BCUT2D eigenvalue weighted by Gasteiger charge is -2.27. The number of esters is 1. The van der Waals surface area contributed by atoms with Gasteiger partial charge in [-0.25, -0.2) is 4.79 Å². The van der Waals surface area contributed by atoms with Gasteiger partial charge in [0, 0.05) is 5.57 Å². The molecule has 1 unspecified atom stereocenters. The van der Waals surface area contributed by atoms with Crippen LogP contribution in [0.1, 0.15) is 25.0 Å². The van der Waals surface area contributed by atoms with Crippen molar-refractivity contribution in [3.63, 3.8) is 0 Å². The Hall–Kier alpha value is -2.04. The molecule has 0 saturated carbocycles. The van der Waals surface area contributed by atoms with E-state index in [0.29, 0.717) is 5.56 Å². The van der Waals surface area contributed by atoms with E-state index in [9.17, 15) is 18.0 Å². The average molecular weight is 284 g/mol. The number of carbonyl (C=O) groups excluding carboxylic acids is 1. The van der Waals surface area contributed by atoms with Crippen molar-refractivity contribution in [2.75, 3.05) is 0 Å². The highest BCUT2D eigenvalue weighted by molar-refractivity contribution is 5.87. The third-order valence-corrected chi connectivity index (χ3v) is 2.83. The van der Waals surface area contributed by atoms with Crippen LogP contribution < -0.4 is 0 Å². The van der Waals surface area contributed by atoms with Crippen LogP contribution in [0.2, 0.25) is 0 Å². The number of benzene rings is 1. The van der Waals surface area contributed by atoms with Crippen molar-refractivity contribution in [1.82, 2.24) is 0 Å². The molecule has 0 spiro atoms. The fourth-order valence-electron chi connectivity index (χ4n) is 1.49. The topological polar surface area (TPSA) is 26.3 Å². The van der Waals surface area contributed by atoms with Crippen molar-refractivity contribution in [3.05, 3.63) is 60.2 Å². The molecular formula is C15H15F3O2. The molecule has 20 heavy (non-hydrogen) atoms. The number of hydrogen-bond donors (Lipinski definition) is 0. The van der Waals surface area contributed by atoms with Crippen LogP contribution in [0.25, 0.3) is 0 Å². The first-order valence-electron chi connectivity index (χ1n) is 5.80. The van der Waals surface area contributed by atoms with Gasteiger partial charge in [-0.05, 0) is 37.6 Å². The monoisotopic (exact) mass is 284 g/mol. The summed E-state index contributed by atoms with van der Waals surface area (Å²) in [5.74, 6) is -0.632. The molecule has 1 rings (SSSR count). The Kier molecular flexibility index (Phi) is 4.43. The molecule has 0 fully saturated rings. The largest absolute Gasteiger partial charge is 0.447 e. The first-order chi connectivity index (χ1) is 9.10. The first kappa shape index (κ1) is 16.0. The van der Waals surface area contributed by atoms with E-state index in [2.05, 4.69) is 13.2 Å². The second-order valence-electron chi connectivity index (χ2n) is 4.56. The number of ether oxygens (including phenoxy) is 1. The third kappa shape index (κ3) is 3.50. The van der Waals surface area contributed by atoms with Crippen molar-refractivity contribution < 1.29 is 22.7 Å². The summed E-state index contributed by atoms with van der Waals surface area (Å²) in [6.45, 7) is 10.0. The van der Waals surface area contributed by atoms with Crippen molar-refractivity contribution in [1.29, 1.82) is 0 Å². The fraction of sp³-hybridized carbons (Fsp3) is 0.267. The van der Waals surface area contributed by atoms with Gasteiger partial charge in [0.05, 0.1) is 5.56 Å². The summed E-state index contributed by atoms with van der Waals surface area (Å²) >= 11 is 0. The number of rotatable bonds is 4. The molecule has 0 N–H and O–H groups in total. The summed E-state index contributed by atoms with van der Waals surface area (Å²) in [5.41, 5.74) is -1.38. The summed E-state index contributed by atoms with van der Waals surface area (Å²) in [4.78, 5) is 11.6. The fourth-order valence-corrected chi connectivity index (χ4v) is 1.49. The highest BCUT2D eigenvalue weighted by atomic mass is 19.4. The van der Waals surface area contributed by atoms with Crippen LogP contribution in [0.4, 0.5) is 13.2 Å². The van der Waals surface area contributed by atoms with Gasteiger partial charge < -0.3 is 4.74 Å². The number of alkyl halides is 3. The van der Waals surface area contributed by atoms with Crippen LogP contribution in [-0.2, 0) is 21.3 Å². The molecule has 1 aromatic rings. The van der Waals surface area contributed by atoms with E-state index in [1.165, 1.54) is 25.1 Å². The molecule has 5 heteroatoms. The zero-order valence-electron chi connectivity index (χ0n) is 11.3. The van der Waals surface area contributed by atoms with Gasteiger partial charge in [-0.2, -0.15) is 13.2 Å². The molecule has 2 nitrogen and oxygen atoms in total. The molecular weight excluding hydrogens is 269 g/mol. The van der Waals surface area contributed by atoms with E-state index in [-0.39, 0.29) is 5.57 Å². The van der Waals surface area contributed by atoms with Crippen LogP contribution in [0.15, 0.2) is 49.1 Å². The summed E-state index contributed by atoms with van der Waals surface area (Å²) in [6, 6.07) is 4.39. The van der Waals surface area contributed by atoms with Gasteiger partial charge in [0.25, 0.3) is 0 Å². The third-order valence-electron chi connectivity index (χ3n) is 2.83. The first-order valence-corrected chi connectivity index (χ1v) is 5.80. The Morgan fingerprint density at radius 3 is 2.00 bits per heavy atom. The Labute approximate surface area is 115 Å². The smallest absolute Gasteiger partial charge is 0.416 e. The molecule has 0 amide bonds. The van der Waals surface area contributed by atoms with Crippen LogP contribution in [0.3, 0.4) is 0 Å². The predicted octanol–water partition coefficient (Wildman–Crippen LogP) is 4.23. The van der Waals surface area contributed by atoms with Crippen molar-refractivity contribution >= 4 is 5.97 Å². The quantitative estimate of drug-likeness (QED) is 0.470. The van der Waals surface area contributed by atoms with Crippen molar-refractivity contribution in [2.24, 2.45) is 0 Å². The Balaban J connectivity index is 3.09. The molecule has 0 heterocycles. The van der Waals surface area contributed by atoms with Gasteiger partial charge in [-0.1, -0.05) is 25.3 Å². The van der Waals surface area contributed by atoms with Gasteiger partial charge in [-0.3, -0.25) is 0 Å². The lowest BCUT2D eigenvalue weighted by molar-refractivity contribution is -0.149. The van der Waals surface area contributed by atoms with E-state index < -0.39 is 23.3 Å². The average Bonchev–Trinajstić information content (AvgIpc) is 2.37. The summed E-state index contributed by atoms with van der Waals surface area (Å²) in [7, 11) is 0. The molecule has 0 aromatic heterocycles. The van der Waals surface area contributed by atoms with Crippen LogP contribution in [0.5, 0.6) is 0 Å². The molecule has 0 aliphatic heterocycles. The maximum Gasteiger partial charge on any atom is 0.416 e. The molecule has 0 aliphatic rings. The van der Waals surface area contributed by atoms with E-state index in [4.69, 9.17) is 4.74 Å². The minimum absolute atomic E-state index is 0.199. The molecule has 1 atom stereocenters. The Bertz CT molecular complexity index is 529. The van der Waals surface area contributed by atoms with Crippen LogP contribution >= 0.6 is 0 Å². The second kappa shape index (κ2) is 5.53. The summed E-state index contributed by atoms with van der Waals surface area (Å²) in [6.07, 6.45) is -3.05. The Morgan fingerprint density at radius 1 is 1.20 bits per heavy atom. The number of halogens is 3.